The highest BCUT2D eigenvalue weighted by molar-refractivity contribution is 6.13. The summed E-state index contributed by atoms with van der Waals surface area (Å²) in [5, 5.41) is 3.46. The van der Waals surface area contributed by atoms with Crippen molar-refractivity contribution in [3.05, 3.63) is 235 Å². The van der Waals surface area contributed by atoms with Crippen LogP contribution >= 0.6 is 0 Å². The lowest BCUT2D eigenvalue weighted by Gasteiger charge is -2.34. The van der Waals surface area contributed by atoms with Gasteiger partial charge in [-0.25, -0.2) is 15.0 Å². The average Bonchev–Trinajstić information content (AvgIpc) is 3.59. The maximum atomic E-state index is 5.42. The predicted molar refractivity (Wildman–Crippen MR) is 234 cm³/mol. The molecule has 0 saturated carbocycles. The molecule has 0 radical (unpaired) electrons. The zero-order chi connectivity index (χ0) is 37.8. The molecule has 0 atom stereocenters. The molecule has 0 spiro atoms. The first kappa shape index (κ1) is 32.9. The molecule has 2 heterocycles. The molecule has 1 aliphatic carbocycles. The number of pyridine rings is 1. The van der Waals surface area contributed by atoms with E-state index in [9.17, 15) is 0 Å². The molecule has 0 fully saturated rings. The molecule has 266 valence electrons. The second kappa shape index (κ2) is 13.4. The summed E-state index contributed by atoms with van der Waals surface area (Å²) in [4.78, 5) is 15.6. The van der Waals surface area contributed by atoms with Gasteiger partial charge < -0.3 is 0 Å². The summed E-state index contributed by atoms with van der Waals surface area (Å²) in [7, 11) is 0. The summed E-state index contributed by atoms with van der Waals surface area (Å²) in [6.45, 7) is 0. The van der Waals surface area contributed by atoms with Crippen LogP contribution in [0.25, 0.3) is 78.0 Å². The number of benzene rings is 8. The summed E-state index contributed by atoms with van der Waals surface area (Å²) < 4.78 is 0. The Morgan fingerprint density at radius 3 is 1.47 bits per heavy atom. The van der Waals surface area contributed by atoms with E-state index in [1.54, 1.807) is 0 Å². The highest BCUT2D eigenvalue weighted by atomic mass is 14.9. The van der Waals surface area contributed by atoms with Crippen molar-refractivity contribution in [2.45, 2.75) is 5.41 Å². The number of nitrogens with zero attached hydrogens (tertiary/aromatic N) is 3. The maximum absolute atomic E-state index is 5.42. The Kier molecular flexibility index (Phi) is 7.71. The number of fused-ring (bicyclic) bond motifs is 6. The minimum atomic E-state index is -0.507. The summed E-state index contributed by atoms with van der Waals surface area (Å²) >= 11 is 0. The van der Waals surface area contributed by atoms with Gasteiger partial charge in [-0.15, -0.1) is 0 Å². The third kappa shape index (κ3) is 5.32. The topological polar surface area (TPSA) is 38.7 Å². The largest absolute Gasteiger partial charge is 0.247 e. The molecule has 11 rings (SSSR count). The van der Waals surface area contributed by atoms with Gasteiger partial charge in [0.2, 0.25) is 0 Å². The Bertz CT molecular complexity index is 2990. The lowest BCUT2D eigenvalue weighted by molar-refractivity contribution is 0.769. The second-order valence-electron chi connectivity index (χ2n) is 14.7. The van der Waals surface area contributed by atoms with Gasteiger partial charge >= 0.3 is 0 Å². The second-order valence-corrected chi connectivity index (χ2v) is 14.7. The molecule has 0 N–H and O–H groups in total. The first-order valence-corrected chi connectivity index (χ1v) is 19.4. The Hall–Kier alpha value is -7.49. The fourth-order valence-corrected chi connectivity index (χ4v) is 8.97. The van der Waals surface area contributed by atoms with Gasteiger partial charge in [-0.2, -0.15) is 0 Å². The van der Waals surface area contributed by atoms with E-state index in [1.807, 2.05) is 36.4 Å². The molecule has 8 aromatic carbocycles. The van der Waals surface area contributed by atoms with Gasteiger partial charge in [0, 0.05) is 33.0 Å². The first-order chi connectivity index (χ1) is 28.3. The Labute approximate surface area is 331 Å². The lowest BCUT2D eigenvalue weighted by atomic mass is 9.67. The van der Waals surface area contributed by atoms with Gasteiger partial charge in [-0.3, -0.25) is 0 Å². The highest BCUT2D eigenvalue weighted by Crippen LogP contribution is 2.57. The first-order valence-electron chi connectivity index (χ1n) is 19.4. The minimum absolute atomic E-state index is 0.507. The molecule has 0 amide bonds. The minimum Gasteiger partial charge on any atom is -0.247 e. The third-order valence-corrected chi connectivity index (χ3v) is 11.6. The van der Waals surface area contributed by atoms with Crippen molar-refractivity contribution in [2.75, 3.05) is 0 Å². The standard InChI is InChI=1S/C54H35N3/c1-5-17-36(18-6-1)50-35-51(37-19-7-2-8-20-37)57-53(56-50)39-31-29-38(30-32-39)52-46-34-48-45(33-44(46)43-26-14-16-28-49(43)55-52)42-25-13-15-27-47(42)54(48,40-21-9-3-10-22-40)41-23-11-4-12-24-41/h1-35H. The molecule has 3 nitrogen and oxygen atoms in total. The van der Waals surface area contributed by atoms with E-state index in [4.69, 9.17) is 15.0 Å². The van der Waals surface area contributed by atoms with Gasteiger partial charge in [0.15, 0.2) is 5.82 Å². The van der Waals surface area contributed by atoms with E-state index in [1.165, 1.54) is 38.8 Å². The van der Waals surface area contributed by atoms with Crippen LogP contribution in [0.4, 0.5) is 0 Å². The van der Waals surface area contributed by atoms with Crippen LogP contribution in [0.15, 0.2) is 212 Å². The van der Waals surface area contributed by atoms with Crippen LogP contribution in [-0.4, -0.2) is 15.0 Å². The molecule has 0 bridgehead atoms. The molecule has 0 saturated heterocycles. The summed E-state index contributed by atoms with van der Waals surface area (Å²) in [5.74, 6) is 0.684. The zero-order valence-corrected chi connectivity index (χ0v) is 31.0. The summed E-state index contributed by atoms with van der Waals surface area (Å²) in [6, 6.07) is 75.6. The lowest BCUT2D eigenvalue weighted by Crippen LogP contribution is -2.28. The van der Waals surface area contributed by atoms with Crippen LogP contribution in [0.1, 0.15) is 22.3 Å². The van der Waals surface area contributed by atoms with E-state index in [2.05, 4.69) is 176 Å². The van der Waals surface area contributed by atoms with Gasteiger partial charge in [-0.05, 0) is 63.0 Å². The van der Waals surface area contributed by atoms with Gasteiger partial charge in [0.25, 0.3) is 0 Å². The predicted octanol–water partition coefficient (Wildman–Crippen LogP) is 13.2. The summed E-state index contributed by atoms with van der Waals surface area (Å²) in [6.07, 6.45) is 0. The smallest absolute Gasteiger partial charge is 0.160 e. The van der Waals surface area contributed by atoms with Crippen molar-refractivity contribution < 1.29 is 0 Å². The van der Waals surface area contributed by atoms with Crippen molar-refractivity contribution in [3.8, 4) is 56.3 Å². The Morgan fingerprint density at radius 1 is 0.316 bits per heavy atom. The molecule has 10 aromatic rings. The normalized spacial score (nSPS) is 12.7. The average molecular weight is 726 g/mol. The van der Waals surface area contributed by atoms with Crippen LogP contribution < -0.4 is 0 Å². The number of hydrogen-bond acceptors (Lipinski definition) is 3. The molecule has 2 aromatic heterocycles. The molecular formula is C54H35N3. The van der Waals surface area contributed by atoms with Crippen LogP contribution in [0, 0.1) is 0 Å². The van der Waals surface area contributed by atoms with Crippen molar-refractivity contribution in [1.29, 1.82) is 0 Å². The van der Waals surface area contributed by atoms with E-state index in [-0.39, 0.29) is 0 Å². The number of rotatable bonds is 6. The SMILES string of the molecule is c1ccc(-c2cc(-c3ccccc3)nc(-c3ccc(-c4nc5ccccc5c5cc6c(cc45)C(c4ccccc4)(c4ccccc4)c4ccccc4-6)cc3)n2)cc1. The zero-order valence-electron chi connectivity index (χ0n) is 31.0. The molecule has 0 aliphatic heterocycles. The Balaban J connectivity index is 1.13. The van der Waals surface area contributed by atoms with Crippen molar-refractivity contribution in [2.24, 2.45) is 0 Å². The van der Waals surface area contributed by atoms with Crippen LogP contribution in [0.2, 0.25) is 0 Å². The van der Waals surface area contributed by atoms with Gasteiger partial charge in [0.05, 0.1) is 28.0 Å². The van der Waals surface area contributed by atoms with Crippen molar-refractivity contribution in [3.63, 3.8) is 0 Å². The molecular weight excluding hydrogens is 691 g/mol. The van der Waals surface area contributed by atoms with E-state index < -0.39 is 5.41 Å². The number of hydrogen-bond donors (Lipinski definition) is 0. The summed E-state index contributed by atoms with van der Waals surface area (Å²) in [5.41, 5.74) is 14.9. The quantitative estimate of drug-likeness (QED) is 0.160. The molecule has 0 unspecified atom stereocenters. The monoisotopic (exact) mass is 725 g/mol. The van der Waals surface area contributed by atoms with Crippen molar-refractivity contribution >= 4 is 21.7 Å². The fraction of sp³-hybridized carbons (Fsp3) is 0.0185. The molecule has 57 heavy (non-hydrogen) atoms. The molecule has 3 heteroatoms. The van der Waals surface area contributed by atoms with E-state index in [0.29, 0.717) is 5.82 Å². The molecule has 1 aliphatic rings. The van der Waals surface area contributed by atoms with Crippen LogP contribution in [0.5, 0.6) is 0 Å². The highest BCUT2D eigenvalue weighted by Gasteiger charge is 2.46. The van der Waals surface area contributed by atoms with Gasteiger partial charge in [0.1, 0.15) is 0 Å². The number of aromatic nitrogens is 3. The van der Waals surface area contributed by atoms with Crippen LogP contribution in [-0.2, 0) is 5.41 Å². The van der Waals surface area contributed by atoms with E-state index >= 15 is 0 Å². The maximum Gasteiger partial charge on any atom is 0.160 e. The number of para-hydroxylation sites is 1. The third-order valence-electron chi connectivity index (χ3n) is 11.6. The van der Waals surface area contributed by atoms with E-state index in [0.717, 1.165) is 55.6 Å². The van der Waals surface area contributed by atoms with Gasteiger partial charge in [-0.1, -0.05) is 188 Å². The van der Waals surface area contributed by atoms with Crippen LogP contribution in [0.3, 0.4) is 0 Å². The fourth-order valence-electron chi connectivity index (χ4n) is 8.97. The Morgan fingerprint density at radius 2 is 0.842 bits per heavy atom. The van der Waals surface area contributed by atoms with Crippen molar-refractivity contribution in [1.82, 2.24) is 15.0 Å².